The van der Waals surface area contributed by atoms with Crippen molar-refractivity contribution in [1.29, 1.82) is 0 Å². The van der Waals surface area contributed by atoms with Crippen LogP contribution in [-0.4, -0.2) is 28.5 Å². The molecule has 5 heteroatoms. The maximum absolute atomic E-state index is 11.6. The molecule has 16 heavy (non-hydrogen) atoms. The summed E-state index contributed by atoms with van der Waals surface area (Å²) in [6.07, 6.45) is 2.34. The van der Waals surface area contributed by atoms with E-state index in [4.69, 9.17) is 5.11 Å². The number of carbonyl (C=O) groups is 2. The molecule has 0 atom stereocenters. The van der Waals surface area contributed by atoms with E-state index >= 15 is 0 Å². The van der Waals surface area contributed by atoms with E-state index in [1.807, 2.05) is 0 Å². The summed E-state index contributed by atoms with van der Waals surface area (Å²) < 4.78 is 0. The molecule has 0 saturated carbocycles. The average molecular weight is 220 g/mol. The second-order valence-electron chi connectivity index (χ2n) is 3.69. The van der Waals surface area contributed by atoms with E-state index in [9.17, 15) is 9.59 Å². The van der Waals surface area contributed by atoms with Crippen molar-refractivity contribution < 1.29 is 14.7 Å². The molecule has 2 heterocycles. The summed E-state index contributed by atoms with van der Waals surface area (Å²) in [7, 11) is 0. The van der Waals surface area contributed by atoms with Gasteiger partial charge in [0.2, 0.25) is 5.91 Å². The Labute approximate surface area is 92.7 Å². The molecule has 0 spiro atoms. The van der Waals surface area contributed by atoms with Gasteiger partial charge in [-0.25, -0.2) is 9.78 Å². The monoisotopic (exact) mass is 220 g/mol. The van der Waals surface area contributed by atoms with Crippen LogP contribution in [0.15, 0.2) is 18.2 Å². The van der Waals surface area contributed by atoms with E-state index in [-0.39, 0.29) is 11.6 Å². The van der Waals surface area contributed by atoms with Gasteiger partial charge in [0.05, 0.1) is 0 Å². The number of aromatic nitrogens is 1. The highest BCUT2D eigenvalue weighted by atomic mass is 16.4. The number of carboxylic acids is 1. The predicted octanol–water partition coefficient (Wildman–Crippen LogP) is 1.30. The Bertz CT molecular complexity index is 431. The molecule has 0 radical (unpaired) electrons. The number of pyridine rings is 1. The van der Waals surface area contributed by atoms with Crippen LogP contribution in [0, 0.1) is 0 Å². The summed E-state index contributed by atoms with van der Waals surface area (Å²) in [5.41, 5.74) is -0.0316. The van der Waals surface area contributed by atoms with Gasteiger partial charge in [0.1, 0.15) is 5.82 Å². The Morgan fingerprint density at radius 2 is 2.19 bits per heavy atom. The van der Waals surface area contributed by atoms with Gasteiger partial charge in [0.25, 0.3) is 0 Å². The summed E-state index contributed by atoms with van der Waals surface area (Å²) in [5.74, 6) is -0.628. The first-order valence-electron chi connectivity index (χ1n) is 5.19. The van der Waals surface area contributed by atoms with Gasteiger partial charge in [0.15, 0.2) is 5.69 Å². The van der Waals surface area contributed by atoms with Crippen molar-refractivity contribution in [1.82, 2.24) is 4.98 Å². The highest BCUT2D eigenvalue weighted by Crippen LogP contribution is 2.18. The van der Waals surface area contributed by atoms with Crippen molar-refractivity contribution in [2.75, 3.05) is 11.4 Å². The Hall–Kier alpha value is -1.91. The molecular weight excluding hydrogens is 208 g/mol. The number of hydrogen-bond donors (Lipinski definition) is 1. The minimum atomic E-state index is -1.08. The number of rotatable bonds is 2. The van der Waals surface area contributed by atoms with E-state index < -0.39 is 5.97 Å². The van der Waals surface area contributed by atoms with E-state index in [1.165, 1.54) is 6.07 Å². The third kappa shape index (κ3) is 2.03. The molecule has 2 rings (SSSR count). The van der Waals surface area contributed by atoms with Crippen LogP contribution in [0.3, 0.4) is 0 Å². The van der Waals surface area contributed by atoms with Crippen LogP contribution >= 0.6 is 0 Å². The molecule has 0 bridgehead atoms. The van der Waals surface area contributed by atoms with Crippen LogP contribution in [0.5, 0.6) is 0 Å². The van der Waals surface area contributed by atoms with Crippen molar-refractivity contribution >= 4 is 17.7 Å². The molecule has 1 aliphatic heterocycles. The number of aromatic carboxylic acids is 1. The quantitative estimate of drug-likeness (QED) is 0.815. The fourth-order valence-corrected chi connectivity index (χ4v) is 1.74. The van der Waals surface area contributed by atoms with Crippen molar-refractivity contribution in [3.63, 3.8) is 0 Å². The van der Waals surface area contributed by atoms with E-state index in [1.54, 1.807) is 17.0 Å². The zero-order chi connectivity index (χ0) is 11.5. The van der Waals surface area contributed by atoms with Crippen LogP contribution in [0.2, 0.25) is 0 Å². The van der Waals surface area contributed by atoms with Crippen molar-refractivity contribution in [2.24, 2.45) is 0 Å². The van der Waals surface area contributed by atoms with E-state index in [0.29, 0.717) is 18.8 Å². The number of nitrogens with zero attached hydrogens (tertiary/aromatic N) is 2. The van der Waals surface area contributed by atoms with Gasteiger partial charge in [-0.05, 0) is 25.0 Å². The van der Waals surface area contributed by atoms with Crippen LogP contribution in [-0.2, 0) is 4.79 Å². The Morgan fingerprint density at radius 3 is 2.88 bits per heavy atom. The molecule has 1 N–H and O–H groups in total. The van der Waals surface area contributed by atoms with Gasteiger partial charge >= 0.3 is 5.97 Å². The van der Waals surface area contributed by atoms with Crippen LogP contribution in [0.25, 0.3) is 0 Å². The number of hydrogen-bond acceptors (Lipinski definition) is 3. The number of carboxylic acid groups (broad SMARTS) is 1. The van der Waals surface area contributed by atoms with Gasteiger partial charge in [-0.15, -0.1) is 0 Å². The zero-order valence-electron chi connectivity index (χ0n) is 8.72. The van der Waals surface area contributed by atoms with Gasteiger partial charge in [0, 0.05) is 13.0 Å². The predicted molar refractivity (Wildman–Crippen MR) is 57.4 cm³/mol. The lowest BCUT2D eigenvalue weighted by molar-refractivity contribution is -0.119. The number of amides is 1. The lowest BCUT2D eigenvalue weighted by atomic mass is 10.1. The first kappa shape index (κ1) is 10.6. The Morgan fingerprint density at radius 1 is 1.38 bits per heavy atom. The lowest BCUT2D eigenvalue weighted by Crippen LogP contribution is -2.36. The average Bonchev–Trinajstić information content (AvgIpc) is 2.30. The molecule has 0 unspecified atom stereocenters. The van der Waals surface area contributed by atoms with Gasteiger partial charge in [-0.2, -0.15) is 0 Å². The molecule has 1 aliphatic rings. The molecule has 1 amide bonds. The Kier molecular flexibility index (Phi) is 2.85. The largest absolute Gasteiger partial charge is 0.477 e. The highest BCUT2D eigenvalue weighted by molar-refractivity contribution is 5.94. The van der Waals surface area contributed by atoms with Crippen molar-refractivity contribution in [3.05, 3.63) is 23.9 Å². The standard InChI is InChI=1S/C11H12N2O3/c14-10-6-1-2-7-13(10)9-5-3-4-8(12-9)11(15)16/h3-5H,1-2,6-7H2,(H,15,16). The van der Waals surface area contributed by atoms with E-state index in [2.05, 4.69) is 4.98 Å². The van der Waals surface area contributed by atoms with Crippen molar-refractivity contribution in [2.45, 2.75) is 19.3 Å². The summed E-state index contributed by atoms with van der Waals surface area (Å²) in [6.45, 7) is 0.620. The summed E-state index contributed by atoms with van der Waals surface area (Å²) in [6, 6.07) is 4.68. The second-order valence-corrected chi connectivity index (χ2v) is 3.69. The molecule has 0 aromatic carbocycles. The first-order chi connectivity index (χ1) is 7.68. The molecule has 84 valence electrons. The van der Waals surface area contributed by atoms with Gasteiger partial charge in [-0.1, -0.05) is 6.07 Å². The molecule has 5 nitrogen and oxygen atoms in total. The molecule has 1 saturated heterocycles. The van der Waals surface area contributed by atoms with Crippen molar-refractivity contribution in [3.8, 4) is 0 Å². The van der Waals surface area contributed by atoms with Gasteiger partial charge in [-0.3, -0.25) is 9.69 Å². The SMILES string of the molecule is O=C(O)c1cccc(N2CCCCC2=O)n1. The summed E-state index contributed by atoms with van der Waals surface area (Å²) >= 11 is 0. The third-order valence-electron chi connectivity index (χ3n) is 2.55. The second kappa shape index (κ2) is 4.30. The molecule has 1 aromatic heterocycles. The third-order valence-corrected chi connectivity index (χ3v) is 2.55. The molecular formula is C11H12N2O3. The number of anilines is 1. The molecule has 1 aromatic rings. The zero-order valence-corrected chi connectivity index (χ0v) is 8.72. The van der Waals surface area contributed by atoms with E-state index in [0.717, 1.165) is 12.8 Å². The minimum Gasteiger partial charge on any atom is -0.477 e. The fourth-order valence-electron chi connectivity index (χ4n) is 1.74. The molecule has 1 fully saturated rings. The normalized spacial score (nSPS) is 16.2. The highest BCUT2D eigenvalue weighted by Gasteiger charge is 2.21. The van der Waals surface area contributed by atoms with Crippen LogP contribution < -0.4 is 4.90 Å². The smallest absolute Gasteiger partial charge is 0.354 e. The number of piperidine rings is 1. The van der Waals surface area contributed by atoms with Crippen LogP contribution in [0.4, 0.5) is 5.82 Å². The fraction of sp³-hybridized carbons (Fsp3) is 0.364. The summed E-state index contributed by atoms with van der Waals surface area (Å²) in [5, 5.41) is 8.81. The van der Waals surface area contributed by atoms with Gasteiger partial charge < -0.3 is 5.11 Å². The maximum atomic E-state index is 11.6. The topological polar surface area (TPSA) is 70.5 Å². The Balaban J connectivity index is 2.28. The molecule has 0 aliphatic carbocycles. The lowest BCUT2D eigenvalue weighted by Gasteiger charge is -2.25. The minimum absolute atomic E-state index is 0.0151. The number of carbonyl (C=O) groups excluding carboxylic acids is 1. The van der Waals surface area contributed by atoms with Crippen LogP contribution in [0.1, 0.15) is 29.8 Å². The first-order valence-corrected chi connectivity index (χ1v) is 5.19. The maximum Gasteiger partial charge on any atom is 0.354 e. The summed E-state index contributed by atoms with van der Waals surface area (Å²) in [4.78, 5) is 27.9.